The van der Waals surface area contributed by atoms with Gasteiger partial charge in [0.2, 0.25) is 5.91 Å². The molecule has 3 atom stereocenters. The van der Waals surface area contributed by atoms with E-state index in [2.05, 4.69) is 129 Å². The maximum Gasteiger partial charge on any atom is 0.472 e. The van der Waals surface area contributed by atoms with Gasteiger partial charge in [-0.05, 0) is 89.9 Å². The first-order valence-electron chi connectivity index (χ1n) is 26.9. The highest BCUT2D eigenvalue weighted by Crippen LogP contribution is 2.43. The summed E-state index contributed by atoms with van der Waals surface area (Å²) in [6, 6.07) is -0.860. The molecule has 0 aromatic heterocycles. The van der Waals surface area contributed by atoms with E-state index in [1.54, 1.807) is 6.08 Å². The number of carbonyl (C=O) groups excluding carboxylic acids is 1. The smallest absolute Gasteiger partial charge is 0.387 e. The third-order valence-electron chi connectivity index (χ3n) is 11.2. The number of likely N-dealkylation sites (N-methyl/N-ethyl adjacent to an activating group) is 1. The Hall–Kier alpha value is -3.10. The van der Waals surface area contributed by atoms with Crippen molar-refractivity contribution in [3.63, 3.8) is 0 Å². The van der Waals surface area contributed by atoms with E-state index in [1.807, 2.05) is 27.2 Å². The molecule has 0 aromatic rings. The molecular weight excluding hydrogens is 864 g/mol. The molecule has 8 nitrogen and oxygen atoms in total. The van der Waals surface area contributed by atoms with Gasteiger partial charge in [-0.3, -0.25) is 13.8 Å². The van der Waals surface area contributed by atoms with Gasteiger partial charge < -0.3 is 19.8 Å². The number of aliphatic hydroxyl groups is 1. The van der Waals surface area contributed by atoms with E-state index in [9.17, 15) is 19.4 Å². The molecule has 0 saturated carbocycles. The second-order valence-electron chi connectivity index (χ2n) is 18.9. The fraction of sp³-hybridized carbons (Fsp3) is 0.644. The molecule has 3 N–H and O–H groups in total. The zero-order valence-electron chi connectivity index (χ0n) is 44.0. The number of amides is 1. The Kier molecular flexibility index (Phi) is 46.7. The minimum atomic E-state index is -4.35. The van der Waals surface area contributed by atoms with Gasteiger partial charge in [0.15, 0.2) is 0 Å². The molecule has 1 amide bonds. The van der Waals surface area contributed by atoms with E-state index >= 15 is 0 Å². The molecule has 0 saturated heterocycles. The molecule has 3 unspecified atom stereocenters. The lowest BCUT2D eigenvalue weighted by molar-refractivity contribution is -0.870. The van der Waals surface area contributed by atoms with Crippen LogP contribution >= 0.6 is 7.82 Å². The van der Waals surface area contributed by atoms with Crippen LogP contribution in [0.4, 0.5) is 0 Å². The highest BCUT2D eigenvalue weighted by molar-refractivity contribution is 7.47. The normalized spacial score (nSPS) is 15.0. The van der Waals surface area contributed by atoms with Crippen LogP contribution in [0.3, 0.4) is 0 Å². The summed E-state index contributed by atoms with van der Waals surface area (Å²) in [7, 11) is 1.54. The first kappa shape index (κ1) is 64.9. The van der Waals surface area contributed by atoms with Gasteiger partial charge >= 0.3 is 7.82 Å². The lowest BCUT2D eigenvalue weighted by atomic mass is 10.1. The number of rotatable bonds is 47. The molecule has 0 rings (SSSR count). The van der Waals surface area contributed by atoms with Crippen molar-refractivity contribution in [1.82, 2.24) is 5.32 Å². The van der Waals surface area contributed by atoms with Crippen LogP contribution in [-0.4, -0.2) is 73.4 Å². The monoisotopic (exact) mass is 966 g/mol. The van der Waals surface area contributed by atoms with Crippen LogP contribution < -0.4 is 5.32 Å². The third kappa shape index (κ3) is 50.8. The van der Waals surface area contributed by atoms with Crippen LogP contribution in [0.25, 0.3) is 0 Å². The van der Waals surface area contributed by atoms with E-state index in [4.69, 9.17) is 9.05 Å². The predicted molar refractivity (Wildman–Crippen MR) is 295 cm³/mol. The Morgan fingerprint density at radius 3 is 1.29 bits per heavy atom. The Morgan fingerprint density at radius 1 is 0.515 bits per heavy atom. The van der Waals surface area contributed by atoms with Crippen LogP contribution in [-0.2, 0) is 18.4 Å². The van der Waals surface area contributed by atoms with Gasteiger partial charge in [-0.25, -0.2) is 4.57 Å². The van der Waals surface area contributed by atoms with E-state index in [1.165, 1.54) is 64.2 Å². The minimum Gasteiger partial charge on any atom is -0.387 e. The number of nitrogens with zero attached hydrogens (tertiary/aromatic N) is 1. The number of allylic oxidation sites excluding steroid dienone is 19. The number of phosphoric acid groups is 1. The summed E-state index contributed by atoms with van der Waals surface area (Å²) in [6.45, 7) is 4.65. The SMILES string of the molecule is CC/C=C\C/C=C\C/C=C\C/C=C\C/C=C\C/C=C\C/C=C\C/C=C\C/C=C\CCCCCCCCCC(=O)NC(COP(=O)(O)OCC[N+](C)(C)C)C(O)/C=C/CCCCCCCCCCC. The van der Waals surface area contributed by atoms with Crippen LogP contribution in [0, 0.1) is 0 Å². The Bertz CT molecular complexity index is 1510. The van der Waals surface area contributed by atoms with Gasteiger partial charge in [-0.1, -0.05) is 219 Å². The number of hydrogen-bond acceptors (Lipinski definition) is 5. The number of quaternary nitrogens is 1. The highest BCUT2D eigenvalue weighted by Gasteiger charge is 2.27. The summed E-state index contributed by atoms with van der Waals surface area (Å²) >= 11 is 0. The average Bonchev–Trinajstić information content (AvgIpc) is 3.30. The molecule has 68 heavy (non-hydrogen) atoms. The summed E-state index contributed by atoms with van der Waals surface area (Å²) in [6.07, 6.45) is 72.9. The number of unbranched alkanes of at least 4 members (excludes halogenated alkanes) is 16. The van der Waals surface area contributed by atoms with Crippen molar-refractivity contribution < 1.29 is 32.9 Å². The molecule has 0 bridgehead atoms. The van der Waals surface area contributed by atoms with Gasteiger partial charge in [-0.15, -0.1) is 0 Å². The number of nitrogens with one attached hydrogen (secondary N) is 1. The summed E-state index contributed by atoms with van der Waals surface area (Å²) in [5.41, 5.74) is 0. The number of hydrogen-bond donors (Lipinski definition) is 3. The highest BCUT2D eigenvalue weighted by atomic mass is 31.2. The number of phosphoric ester groups is 1. The van der Waals surface area contributed by atoms with Gasteiger partial charge in [-0.2, -0.15) is 0 Å². The van der Waals surface area contributed by atoms with Crippen LogP contribution in [0.1, 0.15) is 194 Å². The standard InChI is InChI=1S/C59H101N2O6P/c1-6-8-10-12-14-16-18-19-20-21-22-23-24-25-26-27-28-29-30-31-32-33-34-35-36-37-38-39-40-41-43-45-47-49-51-53-59(63)60-57(56-67-68(64,65)66-55-54-61(3,4)5)58(62)52-50-48-46-44-42-17-15-13-11-9-7-2/h8,10,14,16,19-20,22-23,25-26,28-29,31-32,34-35,37-38,50,52,57-58,62H,6-7,9,11-13,15,17-18,21,24,27,30,33,36,39-49,51,53-56H2,1-5H3,(H-,60,63,64,65)/p+1/b10-8-,16-14-,20-19-,23-22-,26-25-,29-28-,32-31-,35-34-,38-37-,52-50+. The van der Waals surface area contributed by atoms with Gasteiger partial charge in [0.05, 0.1) is 39.9 Å². The van der Waals surface area contributed by atoms with Crippen molar-refractivity contribution >= 4 is 13.7 Å². The third-order valence-corrected chi connectivity index (χ3v) is 12.2. The summed E-state index contributed by atoms with van der Waals surface area (Å²) in [5.74, 6) is -0.196. The molecule has 0 spiro atoms. The second-order valence-corrected chi connectivity index (χ2v) is 20.3. The van der Waals surface area contributed by atoms with Gasteiger partial charge in [0.1, 0.15) is 13.2 Å². The van der Waals surface area contributed by atoms with E-state index in [0.717, 1.165) is 109 Å². The lowest BCUT2D eigenvalue weighted by Gasteiger charge is -2.25. The number of aliphatic hydroxyl groups excluding tert-OH is 1. The fourth-order valence-corrected chi connectivity index (χ4v) is 7.71. The molecule has 9 heteroatoms. The van der Waals surface area contributed by atoms with Crippen molar-refractivity contribution in [3.8, 4) is 0 Å². The molecule has 0 radical (unpaired) electrons. The van der Waals surface area contributed by atoms with Crippen molar-refractivity contribution in [1.29, 1.82) is 0 Å². The summed E-state index contributed by atoms with van der Waals surface area (Å²) in [4.78, 5) is 23.2. The quantitative estimate of drug-likeness (QED) is 0.0243. The van der Waals surface area contributed by atoms with E-state index < -0.39 is 20.0 Å². The minimum absolute atomic E-state index is 0.0527. The van der Waals surface area contributed by atoms with Crippen LogP contribution in [0.2, 0.25) is 0 Å². The molecular formula is C59H102N2O6P+. The van der Waals surface area contributed by atoms with Crippen LogP contribution in [0.5, 0.6) is 0 Å². The summed E-state index contributed by atoms with van der Waals surface area (Å²) in [5, 5.41) is 13.8. The van der Waals surface area contributed by atoms with Crippen molar-refractivity contribution in [3.05, 3.63) is 122 Å². The molecule has 0 aromatic carbocycles. The largest absolute Gasteiger partial charge is 0.472 e. The molecule has 0 aliphatic heterocycles. The second kappa shape index (κ2) is 48.9. The fourth-order valence-electron chi connectivity index (χ4n) is 6.97. The number of carbonyl (C=O) groups is 1. The first-order chi connectivity index (χ1) is 33.0. The average molecular weight is 966 g/mol. The van der Waals surface area contributed by atoms with Gasteiger partial charge in [0.25, 0.3) is 0 Å². The topological polar surface area (TPSA) is 105 Å². The zero-order chi connectivity index (χ0) is 49.9. The maximum atomic E-state index is 12.9. The van der Waals surface area contributed by atoms with E-state index in [0.29, 0.717) is 17.4 Å². The van der Waals surface area contributed by atoms with Crippen LogP contribution in [0.15, 0.2) is 122 Å². The maximum absolute atomic E-state index is 12.9. The molecule has 0 aliphatic carbocycles. The Balaban J connectivity index is 4.18. The molecule has 0 heterocycles. The molecule has 388 valence electrons. The summed E-state index contributed by atoms with van der Waals surface area (Å²) < 4.78 is 23.6. The van der Waals surface area contributed by atoms with Crippen molar-refractivity contribution in [2.24, 2.45) is 0 Å². The molecule has 0 fully saturated rings. The van der Waals surface area contributed by atoms with Crippen molar-refractivity contribution in [2.45, 2.75) is 206 Å². The lowest BCUT2D eigenvalue weighted by Crippen LogP contribution is -2.45. The Morgan fingerprint density at radius 2 is 0.882 bits per heavy atom. The first-order valence-corrected chi connectivity index (χ1v) is 28.4. The van der Waals surface area contributed by atoms with E-state index in [-0.39, 0.29) is 19.1 Å². The zero-order valence-corrected chi connectivity index (χ0v) is 44.9. The van der Waals surface area contributed by atoms with Gasteiger partial charge in [0, 0.05) is 6.42 Å². The molecule has 0 aliphatic rings. The Labute approximate surface area is 418 Å². The predicted octanol–water partition coefficient (Wildman–Crippen LogP) is 16.2. The van der Waals surface area contributed by atoms with Crippen molar-refractivity contribution in [2.75, 3.05) is 40.9 Å².